The Hall–Kier alpha value is -2.15. The number of aliphatic hydroxyl groups is 1. The largest absolute Gasteiger partial charge is 0.479 e. The van der Waals surface area contributed by atoms with Gasteiger partial charge in [0.1, 0.15) is 5.56 Å². The van der Waals surface area contributed by atoms with Crippen molar-refractivity contribution in [2.75, 3.05) is 6.54 Å². The molecule has 1 atom stereocenters. The van der Waals surface area contributed by atoms with Crippen molar-refractivity contribution < 1.29 is 19.8 Å². The van der Waals surface area contributed by atoms with Gasteiger partial charge < -0.3 is 20.5 Å². The van der Waals surface area contributed by atoms with Crippen molar-refractivity contribution in [3.63, 3.8) is 0 Å². The van der Waals surface area contributed by atoms with Crippen molar-refractivity contribution in [1.29, 1.82) is 0 Å². The van der Waals surface area contributed by atoms with Crippen molar-refractivity contribution in [2.45, 2.75) is 12.5 Å². The molecule has 7 nitrogen and oxygen atoms in total. The van der Waals surface area contributed by atoms with E-state index in [2.05, 4.69) is 10.3 Å². The topological polar surface area (TPSA) is 119 Å². The van der Waals surface area contributed by atoms with Gasteiger partial charge in [-0.2, -0.15) is 0 Å². The molecule has 0 saturated carbocycles. The van der Waals surface area contributed by atoms with Crippen LogP contribution in [0, 0.1) is 0 Å². The second-order valence-electron chi connectivity index (χ2n) is 3.67. The Labute approximate surface area is 96.1 Å². The molecule has 0 aliphatic heterocycles. The van der Waals surface area contributed by atoms with E-state index in [-0.39, 0.29) is 5.56 Å². The quantitative estimate of drug-likeness (QED) is 0.534. The highest BCUT2D eigenvalue weighted by molar-refractivity contribution is 5.94. The van der Waals surface area contributed by atoms with Gasteiger partial charge >= 0.3 is 5.97 Å². The summed E-state index contributed by atoms with van der Waals surface area (Å²) in [5.41, 5.74) is -2.80. The number of H-pyrrole nitrogens is 1. The highest BCUT2D eigenvalue weighted by Crippen LogP contribution is 2.01. The van der Waals surface area contributed by atoms with E-state index < -0.39 is 29.6 Å². The number of rotatable bonds is 4. The lowest BCUT2D eigenvalue weighted by Gasteiger charge is -2.17. The fourth-order valence-electron chi connectivity index (χ4n) is 1.02. The molecule has 0 saturated heterocycles. The average Bonchev–Trinajstić information content (AvgIpc) is 2.26. The van der Waals surface area contributed by atoms with E-state index >= 15 is 0 Å². The first-order valence-electron chi connectivity index (χ1n) is 4.76. The SMILES string of the molecule is CC(O)(CNC(=O)c1ccc[nH]c1=O)C(=O)O. The standard InChI is InChI=1S/C10H12N2O5/c1-10(17,9(15)16)5-12-8(14)6-3-2-4-11-7(6)13/h2-4,17H,5H2,1H3,(H,11,13)(H,12,14)(H,15,16). The second-order valence-corrected chi connectivity index (χ2v) is 3.67. The van der Waals surface area contributed by atoms with Crippen LogP contribution in [-0.4, -0.2) is 39.2 Å². The summed E-state index contributed by atoms with van der Waals surface area (Å²) < 4.78 is 0. The van der Waals surface area contributed by atoms with Gasteiger partial charge in [-0.1, -0.05) is 0 Å². The van der Waals surface area contributed by atoms with Crippen molar-refractivity contribution in [3.8, 4) is 0 Å². The fraction of sp³-hybridized carbons (Fsp3) is 0.300. The number of aromatic amines is 1. The van der Waals surface area contributed by atoms with Crippen LogP contribution in [0.5, 0.6) is 0 Å². The molecular formula is C10H12N2O5. The summed E-state index contributed by atoms with van der Waals surface area (Å²) in [6.07, 6.45) is 1.37. The summed E-state index contributed by atoms with van der Waals surface area (Å²) in [6.45, 7) is 0.556. The molecule has 0 bridgehead atoms. The smallest absolute Gasteiger partial charge is 0.337 e. The Morgan fingerprint density at radius 1 is 1.53 bits per heavy atom. The molecular weight excluding hydrogens is 228 g/mol. The zero-order valence-electron chi connectivity index (χ0n) is 9.06. The lowest BCUT2D eigenvalue weighted by molar-refractivity contribution is -0.155. The number of amides is 1. The zero-order chi connectivity index (χ0) is 13.1. The van der Waals surface area contributed by atoms with Crippen LogP contribution in [0.2, 0.25) is 0 Å². The maximum absolute atomic E-state index is 11.5. The Kier molecular flexibility index (Phi) is 3.64. The third-order valence-electron chi connectivity index (χ3n) is 2.12. The van der Waals surface area contributed by atoms with Crippen molar-refractivity contribution >= 4 is 11.9 Å². The monoisotopic (exact) mass is 240 g/mol. The lowest BCUT2D eigenvalue weighted by Crippen LogP contribution is -2.47. The molecule has 4 N–H and O–H groups in total. The maximum Gasteiger partial charge on any atom is 0.337 e. The molecule has 0 aromatic carbocycles. The van der Waals surface area contributed by atoms with Crippen molar-refractivity contribution in [1.82, 2.24) is 10.3 Å². The van der Waals surface area contributed by atoms with Gasteiger partial charge in [-0.3, -0.25) is 9.59 Å². The van der Waals surface area contributed by atoms with E-state index in [1.165, 1.54) is 18.3 Å². The highest BCUT2D eigenvalue weighted by atomic mass is 16.4. The Balaban J connectivity index is 2.73. The minimum atomic E-state index is -2.07. The van der Waals surface area contributed by atoms with E-state index in [4.69, 9.17) is 5.11 Å². The van der Waals surface area contributed by atoms with Crippen LogP contribution < -0.4 is 10.9 Å². The van der Waals surface area contributed by atoms with E-state index in [1.54, 1.807) is 0 Å². The summed E-state index contributed by atoms with van der Waals surface area (Å²) in [4.78, 5) is 35.6. The fourth-order valence-corrected chi connectivity index (χ4v) is 1.02. The van der Waals surface area contributed by atoms with Gasteiger partial charge in [0, 0.05) is 6.20 Å². The molecule has 0 radical (unpaired) electrons. The molecule has 0 aliphatic rings. The number of aliphatic carboxylic acids is 1. The molecule has 17 heavy (non-hydrogen) atoms. The Bertz CT molecular complexity index is 491. The predicted octanol–water partition coefficient (Wildman–Crippen LogP) is -1.06. The summed E-state index contributed by atoms with van der Waals surface area (Å²) in [7, 11) is 0. The number of nitrogens with one attached hydrogen (secondary N) is 2. The van der Waals surface area contributed by atoms with Crippen LogP contribution in [0.25, 0.3) is 0 Å². The average molecular weight is 240 g/mol. The van der Waals surface area contributed by atoms with Gasteiger partial charge in [0.05, 0.1) is 6.54 Å². The van der Waals surface area contributed by atoms with E-state index in [9.17, 15) is 19.5 Å². The maximum atomic E-state index is 11.5. The molecule has 0 aliphatic carbocycles. The minimum absolute atomic E-state index is 0.145. The van der Waals surface area contributed by atoms with E-state index in [0.29, 0.717) is 0 Å². The van der Waals surface area contributed by atoms with Crippen LogP contribution >= 0.6 is 0 Å². The molecule has 0 spiro atoms. The van der Waals surface area contributed by atoms with Crippen LogP contribution in [0.1, 0.15) is 17.3 Å². The second kappa shape index (κ2) is 4.79. The Morgan fingerprint density at radius 3 is 2.71 bits per heavy atom. The number of carboxylic acid groups (broad SMARTS) is 1. The highest BCUT2D eigenvalue weighted by Gasteiger charge is 2.30. The number of pyridine rings is 1. The lowest BCUT2D eigenvalue weighted by atomic mass is 10.1. The predicted molar refractivity (Wildman–Crippen MR) is 57.7 cm³/mol. The van der Waals surface area contributed by atoms with Gasteiger partial charge in [-0.05, 0) is 19.1 Å². The van der Waals surface area contributed by atoms with Crippen LogP contribution in [0.3, 0.4) is 0 Å². The number of carbonyl (C=O) groups is 2. The first-order chi connectivity index (χ1) is 7.84. The van der Waals surface area contributed by atoms with Crippen molar-refractivity contribution in [2.24, 2.45) is 0 Å². The molecule has 92 valence electrons. The van der Waals surface area contributed by atoms with Crippen molar-refractivity contribution in [3.05, 3.63) is 34.2 Å². The summed E-state index contributed by atoms with van der Waals surface area (Å²) in [6, 6.07) is 2.76. The van der Waals surface area contributed by atoms with Gasteiger partial charge in [-0.15, -0.1) is 0 Å². The molecule has 1 aromatic rings. The summed E-state index contributed by atoms with van der Waals surface area (Å²) >= 11 is 0. The number of aromatic nitrogens is 1. The zero-order valence-corrected chi connectivity index (χ0v) is 9.06. The molecule has 7 heteroatoms. The first kappa shape index (κ1) is 12.9. The normalized spacial score (nSPS) is 13.8. The van der Waals surface area contributed by atoms with E-state index in [1.807, 2.05) is 0 Å². The van der Waals surface area contributed by atoms with Gasteiger partial charge in [0.25, 0.3) is 11.5 Å². The third-order valence-corrected chi connectivity index (χ3v) is 2.12. The molecule has 1 heterocycles. The van der Waals surface area contributed by atoms with Gasteiger partial charge in [-0.25, -0.2) is 4.79 Å². The van der Waals surface area contributed by atoms with Crippen LogP contribution in [-0.2, 0) is 4.79 Å². The molecule has 1 aromatic heterocycles. The van der Waals surface area contributed by atoms with Crippen LogP contribution in [0.15, 0.2) is 23.1 Å². The first-order valence-corrected chi connectivity index (χ1v) is 4.76. The number of hydrogen-bond acceptors (Lipinski definition) is 4. The van der Waals surface area contributed by atoms with Crippen LogP contribution in [0.4, 0.5) is 0 Å². The number of carbonyl (C=O) groups excluding carboxylic acids is 1. The number of hydrogen-bond donors (Lipinski definition) is 4. The molecule has 1 amide bonds. The molecule has 0 fully saturated rings. The van der Waals surface area contributed by atoms with E-state index in [0.717, 1.165) is 6.92 Å². The minimum Gasteiger partial charge on any atom is -0.479 e. The molecule has 1 unspecified atom stereocenters. The van der Waals surface area contributed by atoms with Gasteiger partial charge in [0.15, 0.2) is 5.60 Å². The van der Waals surface area contributed by atoms with Gasteiger partial charge in [0.2, 0.25) is 0 Å². The summed E-state index contributed by atoms with van der Waals surface area (Å²) in [5, 5.41) is 20.1. The third kappa shape index (κ3) is 3.15. The summed E-state index contributed by atoms with van der Waals surface area (Å²) in [5.74, 6) is -2.20. The molecule has 1 rings (SSSR count). The number of carboxylic acids is 1. The Morgan fingerprint density at radius 2 is 2.18 bits per heavy atom.